The van der Waals surface area contributed by atoms with Gasteiger partial charge in [-0.25, -0.2) is 4.39 Å². The van der Waals surface area contributed by atoms with Crippen LogP contribution in [-0.2, 0) is 4.79 Å². The van der Waals surface area contributed by atoms with Gasteiger partial charge in [-0.1, -0.05) is 12.1 Å². The van der Waals surface area contributed by atoms with Crippen LogP contribution in [0.25, 0.3) is 0 Å². The van der Waals surface area contributed by atoms with Gasteiger partial charge in [-0.3, -0.25) is 9.69 Å². The van der Waals surface area contributed by atoms with Crippen molar-refractivity contribution in [1.82, 2.24) is 9.80 Å². The summed E-state index contributed by atoms with van der Waals surface area (Å²) in [5.74, 6) is -0.178. The zero-order chi connectivity index (χ0) is 14.9. The maximum Gasteiger partial charge on any atom is 0.242 e. The van der Waals surface area contributed by atoms with Gasteiger partial charge >= 0.3 is 0 Å². The minimum Gasteiger partial charge on any atom is -0.343 e. The number of amides is 1. The van der Waals surface area contributed by atoms with E-state index in [9.17, 15) is 9.18 Å². The van der Waals surface area contributed by atoms with Crippen LogP contribution in [0.2, 0.25) is 0 Å². The van der Waals surface area contributed by atoms with Crippen LogP contribution in [0.3, 0.4) is 0 Å². The Balaban J connectivity index is 2.31. The predicted octanol–water partition coefficient (Wildman–Crippen LogP) is 1.38. The molecule has 5 heteroatoms. The summed E-state index contributed by atoms with van der Waals surface area (Å²) >= 11 is 0. The molecule has 0 aliphatic carbocycles. The number of halogens is 1. The van der Waals surface area contributed by atoms with Crippen molar-refractivity contribution in [2.24, 2.45) is 5.73 Å². The number of rotatable bonds is 3. The number of nitrogens with zero attached hydrogens (tertiary/aromatic N) is 2. The first-order valence-electron chi connectivity index (χ1n) is 6.85. The second-order valence-corrected chi connectivity index (χ2v) is 5.78. The summed E-state index contributed by atoms with van der Waals surface area (Å²) in [6, 6.07) is 6.27. The Labute approximate surface area is 119 Å². The molecule has 1 saturated heterocycles. The van der Waals surface area contributed by atoms with E-state index in [-0.39, 0.29) is 17.8 Å². The summed E-state index contributed by atoms with van der Waals surface area (Å²) in [6.07, 6.45) is 0. The van der Waals surface area contributed by atoms with E-state index in [0.717, 1.165) is 12.1 Å². The molecular formula is C15H22FN3O. The third-order valence-corrected chi connectivity index (χ3v) is 4.12. The number of hydrogen-bond acceptors (Lipinski definition) is 3. The second-order valence-electron chi connectivity index (χ2n) is 5.78. The summed E-state index contributed by atoms with van der Waals surface area (Å²) in [4.78, 5) is 16.2. The molecule has 1 fully saturated rings. The van der Waals surface area contributed by atoms with E-state index in [4.69, 9.17) is 5.73 Å². The number of likely N-dealkylation sites (N-methyl/N-ethyl adjacent to an activating group) is 1. The third-order valence-electron chi connectivity index (χ3n) is 4.12. The smallest absolute Gasteiger partial charge is 0.242 e. The van der Waals surface area contributed by atoms with E-state index in [1.807, 2.05) is 20.9 Å². The quantitative estimate of drug-likeness (QED) is 0.909. The summed E-state index contributed by atoms with van der Waals surface area (Å²) < 4.78 is 13.1. The average molecular weight is 279 g/mol. The fourth-order valence-corrected chi connectivity index (χ4v) is 2.90. The summed E-state index contributed by atoms with van der Waals surface area (Å²) in [5, 5.41) is 0. The summed E-state index contributed by atoms with van der Waals surface area (Å²) in [6.45, 7) is 5.66. The molecule has 0 radical (unpaired) electrons. The van der Waals surface area contributed by atoms with E-state index in [1.54, 1.807) is 17.0 Å². The lowest BCUT2D eigenvalue weighted by Crippen LogP contribution is -2.63. The van der Waals surface area contributed by atoms with Gasteiger partial charge in [-0.05, 0) is 31.5 Å². The standard InChI is InChI=1S/C15H22FN3O/c1-15(2)14(20)18(3)8-9-19(15)13(10-17)11-4-6-12(16)7-5-11/h4-7,13H,8-10,17H2,1-3H3. The van der Waals surface area contributed by atoms with Gasteiger partial charge in [-0.15, -0.1) is 0 Å². The van der Waals surface area contributed by atoms with Crippen LogP contribution in [-0.4, -0.2) is 47.9 Å². The van der Waals surface area contributed by atoms with Crippen LogP contribution < -0.4 is 5.73 Å². The first kappa shape index (κ1) is 14.9. The molecule has 1 aromatic rings. The molecule has 0 spiro atoms. The maximum absolute atomic E-state index is 13.1. The topological polar surface area (TPSA) is 49.6 Å². The van der Waals surface area contributed by atoms with Crippen LogP contribution in [0, 0.1) is 5.82 Å². The van der Waals surface area contributed by atoms with Crippen molar-refractivity contribution in [2.45, 2.75) is 25.4 Å². The van der Waals surface area contributed by atoms with Crippen LogP contribution in [0.1, 0.15) is 25.5 Å². The molecule has 0 aromatic heterocycles. The minimum atomic E-state index is -0.606. The lowest BCUT2D eigenvalue weighted by atomic mass is 9.92. The molecule has 1 aliphatic heterocycles. The van der Waals surface area contributed by atoms with Crippen molar-refractivity contribution >= 4 is 5.91 Å². The van der Waals surface area contributed by atoms with Crippen molar-refractivity contribution in [3.63, 3.8) is 0 Å². The number of carbonyl (C=O) groups excluding carboxylic acids is 1. The van der Waals surface area contributed by atoms with E-state index < -0.39 is 5.54 Å². The van der Waals surface area contributed by atoms with Crippen LogP contribution in [0.4, 0.5) is 4.39 Å². The van der Waals surface area contributed by atoms with E-state index in [1.165, 1.54) is 12.1 Å². The third kappa shape index (κ3) is 2.55. The van der Waals surface area contributed by atoms with Crippen LogP contribution in [0.15, 0.2) is 24.3 Å². The first-order valence-corrected chi connectivity index (χ1v) is 6.85. The lowest BCUT2D eigenvalue weighted by molar-refractivity contribution is -0.149. The zero-order valence-corrected chi connectivity index (χ0v) is 12.3. The summed E-state index contributed by atoms with van der Waals surface area (Å²) in [7, 11) is 1.82. The Kier molecular flexibility index (Phi) is 4.11. The average Bonchev–Trinajstić information content (AvgIpc) is 2.42. The van der Waals surface area contributed by atoms with Gasteiger partial charge in [0.05, 0.1) is 5.54 Å². The highest BCUT2D eigenvalue weighted by atomic mass is 19.1. The van der Waals surface area contributed by atoms with E-state index >= 15 is 0 Å². The minimum absolute atomic E-state index is 0.0803. The first-order chi connectivity index (χ1) is 9.37. The zero-order valence-electron chi connectivity index (χ0n) is 12.3. The molecule has 2 rings (SSSR count). The molecule has 2 N–H and O–H groups in total. The van der Waals surface area contributed by atoms with E-state index in [2.05, 4.69) is 4.90 Å². The number of hydrogen-bond donors (Lipinski definition) is 1. The van der Waals surface area contributed by atoms with Gasteiger partial charge in [0.25, 0.3) is 0 Å². The van der Waals surface area contributed by atoms with Crippen LogP contribution in [0.5, 0.6) is 0 Å². The van der Waals surface area contributed by atoms with Crippen molar-refractivity contribution in [1.29, 1.82) is 0 Å². The highest BCUT2D eigenvalue weighted by molar-refractivity contribution is 5.86. The van der Waals surface area contributed by atoms with Crippen molar-refractivity contribution in [2.75, 3.05) is 26.7 Å². The molecular weight excluding hydrogens is 257 g/mol. The second kappa shape index (κ2) is 5.50. The molecule has 1 aliphatic rings. The van der Waals surface area contributed by atoms with Gasteiger partial charge < -0.3 is 10.6 Å². The maximum atomic E-state index is 13.1. The Morgan fingerprint density at radius 1 is 1.30 bits per heavy atom. The molecule has 0 bridgehead atoms. The summed E-state index contributed by atoms with van der Waals surface area (Å²) in [5.41, 5.74) is 6.25. The lowest BCUT2D eigenvalue weighted by Gasteiger charge is -2.48. The molecule has 1 heterocycles. The molecule has 1 atom stereocenters. The largest absolute Gasteiger partial charge is 0.343 e. The Morgan fingerprint density at radius 3 is 2.45 bits per heavy atom. The molecule has 0 saturated carbocycles. The number of piperazine rings is 1. The van der Waals surface area contributed by atoms with E-state index in [0.29, 0.717) is 13.1 Å². The van der Waals surface area contributed by atoms with Gasteiger partial charge in [0, 0.05) is 32.7 Å². The number of carbonyl (C=O) groups is 1. The van der Waals surface area contributed by atoms with Gasteiger partial charge in [0.2, 0.25) is 5.91 Å². The number of nitrogens with two attached hydrogens (primary N) is 1. The molecule has 1 unspecified atom stereocenters. The van der Waals surface area contributed by atoms with Gasteiger partial charge in [-0.2, -0.15) is 0 Å². The fraction of sp³-hybridized carbons (Fsp3) is 0.533. The van der Waals surface area contributed by atoms with Gasteiger partial charge in [0.15, 0.2) is 0 Å². The van der Waals surface area contributed by atoms with Gasteiger partial charge in [0.1, 0.15) is 5.82 Å². The molecule has 20 heavy (non-hydrogen) atoms. The van der Waals surface area contributed by atoms with Crippen molar-refractivity contribution in [3.05, 3.63) is 35.6 Å². The highest BCUT2D eigenvalue weighted by Gasteiger charge is 2.43. The molecule has 110 valence electrons. The monoisotopic (exact) mass is 279 g/mol. The van der Waals surface area contributed by atoms with Crippen LogP contribution >= 0.6 is 0 Å². The fourth-order valence-electron chi connectivity index (χ4n) is 2.90. The Morgan fingerprint density at radius 2 is 1.90 bits per heavy atom. The molecule has 4 nitrogen and oxygen atoms in total. The highest BCUT2D eigenvalue weighted by Crippen LogP contribution is 2.31. The Bertz CT molecular complexity index is 486. The number of benzene rings is 1. The van der Waals surface area contributed by atoms with Crippen molar-refractivity contribution < 1.29 is 9.18 Å². The van der Waals surface area contributed by atoms with Crippen molar-refractivity contribution in [3.8, 4) is 0 Å². The SMILES string of the molecule is CN1CCN(C(CN)c2ccc(F)cc2)C(C)(C)C1=O. The molecule has 1 amide bonds. The Hall–Kier alpha value is -1.46. The molecule has 1 aromatic carbocycles. The predicted molar refractivity (Wildman–Crippen MR) is 76.6 cm³/mol. The normalized spacial score (nSPS) is 21.1.